The first-order chi connectivity index (χ1) is 49.8. The number of amides is 1. The van der Waals surface area contributed by atoms with Crippen LogP contribution in [0.3, 0.4) is 0 Å². The SMILES string of the molecule is CCCCCCCCCC/C=C\CCCCCCCCCCCCCCCCCCCC(=O)NC(COC1OC(CO)C(OC2OC(CO)C(OC3OC(CO)C(O)C(O)C3O)C(O)C2O)C(O)C1O)C(O)/C=C/CC/C=C/CCCCCCCCCCCCCCCCCCCCCCCC. The van der Waals surface area contributed by atoms with E-state index in [1.807, 2.05) is 6.08 Å². The predicted molar refractivity (Wildman–Crippen MR) is 406 cm³/mol. The maximum Gasteiger partial charge on any atom is 0.220 e. The minimum absolute atomic E-state index is 0.239. The van der Waals surface area contributed by atoms with E-state index in [-0.39, 0.29) is 18.9 Å². The Morgan fingerprint density at radius 2 is 0.627 bits per heavy atom. The zero-order chi connectivity index (χ0) is 73.9. The van der Waals surface area contributed by atoms with Gasteiger partial charge in [-0.1, -0.05) is 326 Å². The molecule has 3 heterocycles. The van der Waals surface area contributed by atoms with Gasteiger partial charge in [0.1, 0.15) is 73.2 Å². The van der Waals surface area contributed by atoms with Crippen LogP contribution in [0.4, 0.5) is 0 Å². The molecule has 3 rings (SSSR count). The lowest BCUT2D eigenvalue weighted by atomic mass is 9.96. The second-order valence-corrected chi connectivity index (χ2v) is 30.3. The van der Waals surface area contributed by atoms with Crippen molar-refractivity contribution in [3.63, 3.8) is 0 Å². The molecule has 3 fully saturated rings. The van der Waals surface area contributed by atoms with Gasteiger partial charge in [-0.2, -0.15) is 0 Å². The number of hydrogen-bond donors (Lipinski definition) is 12. The molecule has 17 atom stereocenters. The number of nitrogens with one attached hydrogen (secondary N) is 1. The fraction of sp³-hybridized carbons (Fsp3) is 0.916. The second kappa shape index (κ2) is 63.9. The van der Waals surface area contributed by atoms with Crippen LogP contribution in [0, 0.1) is 0 Å². The monoisotopic (exact) mass is 1450 g/mol. The van der Waals surface area contributed by atoms with E-state index in [4.69, 9.17) is 28.4 Å². The Balaban J connectivity index is 1.37. The minimum atomic E-state index is -1.98. The van der Waals surface area contributed by atoms with E-state index in [1.165, 1.54) is 283 Å². The lowest BCUT2D eigenvalue weighted by Crippen LogP contribution is -2.66. The van der Waals surface area contributed by atoms with Gasteiger partial charge in [0.2, 0.25) is 5.91 Å². The number of aliphatic hydroxyl groups excluding tert-OH is 11. The van der Waals surface area contributed by atoms with E-state index in [9.17, 15) is 61.0 Å². The first kappa shape index (κ1) is 94.2. The van der Waals surface area contributed by atoms with Crippen LogP contribution in [0.15, 0.2) is 36.5 Å². The Morgan fingerprint density at radius 3 is 0.980 bits per heavy atom. The highest BCUT2D eigenvalue weighted by atomic mass is 16.8. The summed E-state index contributed by atoms with van der Waals surface area (Å²) in [5, 5.41) is 121. The third-order valence-corrected chi connectivity index (χ3v) is 21.2. The topological polar surface area (TPSA) is 307 Å². The van der Waals surface area contributed by atoms with E-state index in [0.717, 1.165) is 38.5 Å². The van der Waals surface area contributed by atoms with E-state index >= 15 is 0 Å². The largest absolute Gasteiger partial charge is 0.394 e. The van der Waals surface area contributed by atoms with Crippen LogP contribution in [0.5, 0.6) is 0 Å². The van der Waals surface area contributed by atoms with Gasteiger partial charge in [0.05, 0.1) is 38.6 Å². The standard InChI is InChI=1S/C83H155NO18/c1-3-5-7-9-11-13-15-17-19-21-23-25-27-29-31-33-35-37-39-41-43-45-47-49-51-53-55-57-59-61-71(89)84-66(67(88)60-58-56-54-52-50-48-46-44-42-40-38-36-34-32-30-28-26-24-22-20-18-16-14-12-10-8-6-4-2)65-97-81-77(95)74(92)79(69(63-86)99-81)102-83-78(96)75(93)80(70(64-87)100-83)101-82-76(94)73(91)72(90)68(62-85)98-82/h21,23,50,52,58,60,66-70,72-83,85-88,90-96H,3-20,22,24-49,51,53-57,59,61-65H2,1-2H3,(H,84,89)/b23-21-,52-50+,60-58+. The van der Waals surface area contributed by atoms with Gasteiger partial charge in [0, 0.05) is 6.42 Å². The molecule has 3 aliphatic heterocycles. The maximum absolute atomic E-state index is 13.5. The number of ether oxygens (including phenoxy) is 6. The molecule has 0 saturated carbocycles. The van der Waals surface area contributed by atoms with Crippen molar-refractivity contribution in [1.82, 2.24) is 5.32 Å². The van der Waals surface area contributed by atoms with Crippen molar-refractivity contribution in [2.75, 3.05) is 26.4 Å². The Labute approximate surface area is 619 Å². The Hall–Kier alpha value is -1.99. The molecule has 3 aliphatic rings. The molecule has 0 aromatic rings. The van der Waals surface area contributed by atoms with Crippen molar-refractivity contribution < 1.29 is 89.4 Å². The molecule has 0 aliphatic carbocycles. The molecule has 3 saturated heterocycles. The number of carbonyl (C=O) groups is 1. The molecule has 600 valence electrons. The van der Waals surface area contributed by atoms with Crippen LogP contribution < -0.4 is 5.32 Å². The summed E-state index contributed by atoms with van der Waals surface area (Å²) < 4.78 is 34.5. The van der Waals surface area contributed by atoms with E-state index in [2.05, 4.69) is 43.5 Å². The highest BCUT2D eigenvalue weighted by Gasteiger charge is 2.54. The summed E-state index contributed by atoms with van der Waals surface area (Å²) in [5.41, 5.74) is 0. The lowest BCUT2D eigenvalue weighted by Gasteiger charge is -2.48. The molecule has 17 unspecified atom stereocenters. The van der Waals surface area contributed by atoms with Crippen LogP contribution in [0.1, 0.15) is 354 Å². The van der Waals surface area contributed by atoms with Crippen molar-refractivity contribution in [2.24, 2.45) is 0 Å². The van der Waals surface area contributed by atoms with Gasteiger partial charge in [0.15, 0.2) is 18.9 Å². The number of hydrogen-bond acceptors (Lipinski definition) is 18. The molecule has 19 heteroatoms. The Kier molecular flexibility index (Phi) is 59.0. The first-order valence-corrected chi connectivity index (χ1v) is 42.2. The summed E-state index contributed by atoms with van der Waals surface area (Å²) in [4.78, 5) is 13.5. The summed E-state index contributed by atoms with van der Waals surface area (Å²) in [6.07, 6.45) is 52.9. The van der Waals surface area contributed by atoms with Crippen molar-refractivity contribution in [3.05, 3.63) is 36.5 Å². The molecule has 0 bridgehead atoms. The molecule has 0 spiro atoms. The summed E-state index contributed by atoms with van der Waals surface area (Å²) in [5.74, 6) is -0.279. The van der Waals surface area contributed by atoms with Gasteiger partial charge in [-0.25, -0.2) is 0 Å². The second-order valence-electron chi connectivity index (χ2n) is 30.3. The summed E-state index contributed by atoms with van der Waals surface area (Å²) in [6.45, 7) is 1.78. The molecule has 0 radical (unpaired) electrons. The van der Waals surface area contributed by atoms with E-state index in [1.54, 1.807) is 6.08 Å². The molecular formula is C83H155NO18. The Morgan fingerprint density at radius 1 is 0.343 bits per heavy atom. The van der Waals surface area contributed by atoms with Gasteiger partial charge in [0.25, 0.3) is 0 Å². The van der Waals surface area contributed by atoms with Gasteiger partial charge in [-0.3, -0.25) is 4.79 Å². The van der Waals surface area contributed by atoms with Gasteiger partial charge >= 0.3 is 0 Å². The molecule has 19 nitrogen and oxygen atoms in total. The summed E-state index contributed by atoms with van der Waals surface area (Å²) in [6, 6.07) is -0.991. The average molecular weight is 1460 g/mol. The quantitative estimate of drug-likeness (QED) is 0.0199. The smallest absolute Gasteiger partial charge is 0.220 e. The highest BCUT2D eigenvalue weighted by molar-refractivity contribution is 5.76. The fourth-order valence-electron chi connectivity index (χ4n) is 14.4. The van der Waals surface area contributed by atoms with Gasteiger partial charge in [-0.05, 0) is 57.8 Å². The van der Waals surface area contributed by atoms with Crippen molar-refractivity contribution in [3.8, 4) is 0 Å². The van der Waals surface area contributed by atoms with Gasteiger partial charge < -0.3 is 89.9 Å². The molecule has 0 aromatic heterocycles. The van der Waals surface area contributed by atoms with E-state index in [0.29, 0.717) is 12.8 Å². The first-order valence-electron chi connectivity index (χ1n) is 42.2. The molecule has 102 heavy (non-hydrogen) atoms. The molecule has 1 amide bonds. The number of unbranched alkanes of at least 4 members (excludes halogenated alkanes) is 48. The van der Waals surface area contributed by atoms with Crippen LogP contribution in [-0.2, 0) is 33.2 Å². The fourth-order valence-corrected chi connectivity index (χ4v) is 14.4. The number of allylic oxidation sites excluding steroid dienone is 5. The summed E-state index contributed by atoms with van der Waals surface area (Å²) >= 11 is 0. The molecule has 12 N–H and O–H groups in total. The molecular weight excluding hydrogens is 1300 g/mol. The predicted octanol–water partition coefficient (Wildman–Crippen LogP) is 14.7. The lowest BCUT2D eigenvalue weighted by molar-refractivity contribution is -0.379. The molecule has 0 aromatic carbocycles. The van der Waals surface area contributed by atoms with E-state index < -0.39 is 124 Å². The highest BCUT2D eigenvalue weighted by Crippen LogP contribution is 2.33. The number of aliphatic hydroxyl groups is 11. The minimum Gasteiger partial charge on any atom is -0.394 e. The van der Waals surface area contributed by atoms with Gasteiger partial charge in [-0.15, -0.1) is 0 Å². The third-order valence-electron chi connectivity index (χ3n) is 21.2. The van der Waals surface area contributed by atoms with Crippen molar-refractivity contribution >= 4 is 5.91 Å². The van der Waals surface area contributed by atoms with Crippen molar-refractivity contribution in [2.45, 2.75) is 458 Å². The van der Waals surface area contributed by atoms with Crippen LogP contribution in [0.2, 0.25) is 0 Å². The average Bonchev–Trinajstić information content (AvgIpc) is 0.766. The number of carbonyl (C=O) groups excluding carboxylic acids is 1. The zero-order valence-electron chi connectivity index (χ0n) is 64.4. The zero-order valence-corrected chi connectivity index (χ0v) is 64.4. The van der Waals surface area contributed by atoms with Crippen LogP contribution in [0.25, 0.3) is 0 Å². The number of rotatable bonds is 68. The van der Waals surface area contributed by atoms with Crippen molar-refractivity contribution in [1.29, 1.82) is 0 Å². The maximum atomic E-state index is 13.5. The normalized spacial score (nSPS) is 26.3. The third kappa shape index (κ3) is 43.3. The van der Waals surface area contributed by atoms with Crippen LogP contribution >= 0.6 is 0 Å². The summed E-state index contributed by atoms with van der Waals surface area (Å²) in [7, 11) is 0. The Bertz CT molecular complexity index is 1980. The van der Waals surface area contributed by atoms with Crippen LogP contribution in [-0.4, -0.2) is 193 Å².